The maximum atomic E-state index is 10.8. The van der Waals surface area contributed by atoms with Crippen molar-refractivity contribution in [3.63, 3.8) is 0 Å². The Labute approximate surface area is 166 Å². The van der Waals surface area contributed by atoms with Crippen LogP contribution >= 0.6 is 0 Å². The molecule has 2 heterocycles. The second kappa shape index (κ2) is 6.87. The van der Waals surface area contributed by atoms with Crippen LogP contribution in [0.2, 0.25) is 0 Å². The third-order valence-electron chi connectivity index (χ3n) is 5.08. The molecule has 0 fully saturated rings. The second-order valence-corrected chi connectivity index (χ2v) is 6.95. The van der Waals surface area contributed by atoms with Crippen molar-refractivity contribution in [2.45, 2.75) is 13.1 Å². The summed E-state index contributed by atoms with van der Waals surface area (Å²) in [4.78, 5) is 10.4. The zero-order valence-corrected chi connectivity index (χ0v) is 15.5. The smallest absolute Gasteiger partial charge is 0.269 e. The molecular formula is C22H17N5O2. The quantitative estimate of drug-likeness (QED) is 0.333. The predicted molar refractivity (Wildman–Crippen MR) is 111 cm³/mol. The minimum Gasteiger partial charge on any atom is -0.334 e. The number of nitro groups is 1. The Morgan fingerprint density at radius 3 is 2.07 bits per heavy atom. The highest BCUT2D eigenvalue weighted by Crippen LogP contribution is 2.29. The van der Waals surface area contributed by atoms with E-state index in [-0.39, 0.29) is 5.69 Å². The zero-order valence-electron chi connectivity index (χ0n) is 15.5. The average molecular weight is 383 g/mol. The molecule has 0 saturated heterocycles. The number of nitrogens with zero attached hydrogens (tertiary/aromatic N) is 5. The molecule has 0 N–H and O–H groups in total. The third kappa shape index (κ3) is 3.12. The number of fused-ring (bicyclic) bond motifs is 3. The lowest BCUT2D eigenvalue weighted by atomic mass is 10.2. The van der Waals surface area contributed by atoms with Gasteiger partial charge in [0.1, 0.15) is 5.69 Å². The Bertz CT molecular complexity index is 1280. The fraction of sp³-hybridized carbons (Fsp3) is 0.0909. The van der Waals surface area contributed by atoms with Gasteiger partial charge in [0.25, 0.3) is 5.69 Å². The molecule has 2 aromatic heterocycles. The molecule has 5 aromatic rings. The van der Waals surface area contributed by atoms with Gasteiger partial charge in [-0.15, -0.1) is 5.10 Å². The van der Waals surface area contributed by atoms with E-state index in [4.69, 9.17) is 0 Å². The molecule has 7 nitrogen and oxygen atoms in total. The van der Waals surface area contributed by atoms with E-state index < -0.39 is 4.92 Å². The number of hydrogen-bond acceptors (Lipinski definition) is 4. The van der Waals surface area contributed by atoms with E-state index in [1.807, 2.05) is 18.3 Å². The van der Waals surface area contributed by atoms with Gasteiger partial charge >= 0.3 is 0 Å². The molecule has 0 aliphatic carbocycles. The number of para-hydroxylation sites is 2. The fourth-order valence-corrected chi connectivity index (χ4v) is 3.73. The summed E-state index contributed by atoms with van der Waals surface area (Å²) >= 11 is 0. The molecule has 3 aromatic carbocycles. The predicted octanol–water partition coefficient (Wildman–Crippen LogP) is 4.39. The number of hydrogen-bond donors (Lipinski definition) is 0. The maximum Gasteiger partial charge on any atom is 0.269 e. The molecule has 0 spiro atoms. The van der Waals surface area contributed by atoms with Crippen LogP contribution in [0, 0.1) is 10.1 Å². The summed E-state index contributed by atoms with van der Waals surface area (Å²) in [5.41, 5.74) is 4.21. The van der Waals surface area contributed by atoms with Crippen LogP contribution in [0.15, 0.2) is 79.0 Å². The topological polar surface area (TPSA) is 78.8 Å². The third-order valence-corrected chi connectivity index (χ3v) is 5.08. The van der Waals surface area contributed by atoms with Gasteiger partial charge in [-0.3, -0.25) is 10.1 Å². The fourth-order valence-electron chi connectivity index (χ4n) is 3.73. The number of benzene rings is 3. The summed E-state index contributed by atoms with van der Waals surface area (Å²) in [5.74, 6) is 0. The van der Waals surface area contributed by atoms with Gasteiger partial charge in [0.2, 0.25) is 0 Å². The van der Waals surface area contributed by atoms with E-state index in [0.29, 0.717) is 13.1 Å². The molecular weight excluding hydrogens is 366 g/mol. The average Bonchev–Trinajstić information content (AvgIpc) is 3.32. The molecule has 0 radical (unpaired) electrons. The van der Waals surface area contributed by atoms with Crippen molar-refractivity contribution < 1.29 is 4.92 Å². The molecule has 0 saturated carbocycles. The van der Waals surface area contributed by atoms with E-state index in [9.17, 15) is 10.1 Å². The summed E-state index contributed by atoms with van der Waals surface area (Å²) in [6, 6.07) is 23.2. The Morgan fingerprint density at radius 1 is 0.828 bits per heavy atom. The molecule has 0 unspecified atom stereocenters. The van der Waals surface area contributed by atoms with Crippen LogP contribution in [0.3, 0.4) is 0 Å². The first kappa shape index (κ1) is 17.1. The van der Waals surface area contributed by atoms with E-state index in [1.54, 1.807) is 16.8 Å². The first-order valence-electron chi connectivity index (χ1n) is 9.27. The van der Waals surface area contributed by atoms with Crippen LogP contribution in [-0.4, -0.2) is 24.5 Å². The van der Waals surface area contributed by atoms with Gasteiger partial charge in [0.15, 0.2) is 0 Å². The van der Waals surface area contributed by atoms with Crippen molar-refractivity contribution >= 4 is 27.5 Å². The first-order valence-corrected chi connectivity index (χ1v) is 9.27. The van der Waals surface area contributed by atoms with Gasteiger partial charge in [-0.1, -0.05) is 53.7 Å². The maximum absolute atomic E-state index is 10.8. The first-order chi connectivity index (χ1) is 14.2. The number of rotatable bonds is 5. The number of non-ortho nitro benzene ring substituents is 1. The highest BCUT2D eigenvalue weighted by molar-refractivity contribution is 6.07. The summed E-state index contributed by atoms with van der Waals surface area (Å²) in [5, 5.41) is 21.8. The Hall–Kier alpha value is -4.00. The Kier molecular flexibility index (Phi) is 4.05. The lowest BCUT2D eigenvalue weighted by molar-refractivity contribution is -0.384. The van der Waals surface area contributed by atoms with Crippen LogP contribution in [0.1, 0.15) is 11.3 Å². The van der Waals surface area contributed by atoms with Crippen LogP contribution in [0.25, 0.3) is 21.8 Å². The molecule has 7 heteroatoms. The van der Waals surface area contributed by atoms with Crippen molar-refractivity contribution in [2.24, 2.45) is 0 Å². The highest BCUT2D eigenvalue weighted by atomic mass is 16.6. The van der Waals surface area contributed by atoms with Gasteiger partial charge in [0, 0.05) is 33.9 Å². The van der Waals surface area contributed by atoms with E-state index >= 15 is 0 Å². The van der Waals surface area contributed by atoms with E-state index in [1.165, 1.54) is 33.9 Å². The molecule has 0 atom stereocenters. The Balaban J connectivity index is 1.43. The van der Waals surface area contributed by atoms with E-state index in [2.05, 4.69) is 51.3 Å². The van der Waals surface area contributed by atoms with Gasteiger partial charge in [-0.05, 0) is 17.7 Å². The van der Waals surface area contributed by atoms with Crippen molar-refractivity contribution in [3.05, 3.63) is 100 Å². The molecule has 0 bridgehead atoms. The highest BCUT2D eigenvalue weighted by Gasteiger charge is 2.12. The summed E-state index contributed by atoms with van der Waals surface area (Å²) in [6.07, 6.45) is 1.92. The minimum atomic E-state index is -0.400. The minimum absolute atomic E-state index is 0.0828. The van der Waals surface area contributed by atoms with Crippen LogP contribution in [0.5, 0.6) is 0 Å². The largest absolute Gasteiger partial charge is 0.334 e. The molecule has 142 valence electrons. The lowest BCUT2D eigenvalue weighted by Crippen LogP contribution is -2.01. The molecule has 5 rings (SSSR count). The normalized spacial score (nSPS) is 11.3. The standard InChI is InChI=1S/C22H17N5O2/c28-27(29)18-11-9-16(10-12-18)13-25-14-17(23-24-25)15-26-21-7-3-1-5-19(21)20-6-2-4-8-22(20)26/h1-12,14H,13,15H2. The summed E-state index contributed by atoms with van der Waals surface area (Å²) in [6.45, 7) is 1.13. The van der Waals surface area contributed by atoms with Gasteiger partial charge in [-0.25, -0.2) is 4.68 Å². The van der Waals surface area contributed by atoms with Gasteiger partial charge in [0.05, 0.1) is 24.2 Å². The molecule has 29 heavy (non-hydrogen) atoms. The lowest BCUT2D eigenvalue weighted by Gasteiger charge is -2.04. The zero-order chi connectivity index (χ0) is 19.8. The molecule has 0 aliphatic rings. The van der Waals surface area contributed by atoms with Gasteiger partial charge < -0.3 is 4.57 Å². The molecule has 0 amide bonds. The SMILES string of the molecule is O=[N+]([O-])c1ccc(Cn2cc(Cn3c4ccccc4c4ccccc43)nn2)cc1. The van der Waals surface area contributed by atoms with Crippen molar-refractivity contribution in [3.8, 4) is 0 Å². The van der Waals surface area contributed by atoms with Crippen LogP contribution < -0.4 is 0 Å². The second-order valence-electron chi connectivity index (χ2n) is 6.95. The van der Waals surface area contributed by atoms with Crippen LogP contribution in [-0.2, 0) is 13.1 Å². The Morgan fingerprint density at radius 2 is 1.45 bits per heavy atom. The summed E-state index contributed by atoms with van der Waals surface area (Å²) in [7, 11) is 0. The number of nitro benzene ring substituents is 1. The van der Waals surface area contributed by atoms with Crippen molar-refractivity contribution in [1.29, 1.82) is 0 Å². The van der Waals surface area contributed by atoms with Crippen molar-refractivity contribution in [1.82, 2.24) is 19.6 Å². The van der Waals surface area contributed by atoms with E-state index in [0.717, 1.165) is 11.3 Å². The monoisotopic (exact) mass is 383 g/mol. The van der Waals surface area contributed by atoms with Gasteiger partial charge in [-0.2, -0.15) is 0 Å². The summed E-state index contributed by atoms with van der Waals surface area (Å²) < 4.78 is 4.01. The molecule has 0 aliphatic heterocycles. The number of aromatic nitrogens is 4. The van der Waals surface area contributed by atoms with Crippen LogP contribution in [0.4, 0.5) is 5.69 Å². The van der Waals surface area contributed by atoms with Crippen molar-refractivity contribution in [2.75, 3.05) is 0 Å².